The van der Waals surface area contributed by atoms with Gasteiger partial charge < -0.3 is 43.6 Å². The number of hydrogen-bond acceptors (Lipinski definition) is 12. The molecular weight excluding hydrogens is 646 g/mol. The molecule has 0 unspecified atom stereocenters. The van der Waals surface area contributed by atoms with Crippen LogP contribution in [-0.2, 0) is 30.1 Å². The summed E-state index contributed by atoms with van der Waals surface area (Å²) in [4.78, 5) is 33.7. The van der Waals surface area contributed by atoms with E-state index in [-0.39, 0.29) is 5.95 Å². The van der Waals surface area contributed by atoms with Crippen LogP contribution in [0.1, 0.15) is 25.5 Å². The molecule has 0 saturated heterocycles. The van der Waals surface area contributed by atoms with E-state index < -0.39 is 11.6 Å². The zero-order valence-electron chi connectivity index (χ0n) is 29.4. The van der Waals surface area contributed by atoms with Gasteiger partial charge in [-0.1, -0.05) is 0 Å². The van der Waals surface area contributed by atoms with E-state index in [2.05, 4.69) is 35.7 Å². The van der Waals surface area contributed by atoms with Crippen LogP contribution < -0.4 is 25.8 Å². The largest absolute Gasteiger partial charge is 0.491 e. The number of ether oxygens (including phenoxy) is 6. The number of amides is 2. The van der Waals surface area contributed by atoms with Crippen molar-refractivity contribution in [2.24, 2.45) is 10.2 Å². The molecule has 0 fully saturated rings. The van der Waals surface area contributed by atoms with E-state index in [1.165, 1.54) is 6.07 Å². The molecule has 3 rings (SSSR count). The number of methoxy groups -OCH3 is 2. The van der Waals surface area contributed by atoms with Crippen LogP contribution in [0.4, 0.5) is 27.8 Å². The lowest BCUT2D eigenvalue weighted by Crippen LogP contribution is -2.37. The first-order valence-electron chi connectivity index (χ1n) is 16.9. The predicted octanol–water partition coefficient (Wildman–Crippen LogP) is 4.88. The zero-order chi connectivity index (χ0) is 35.7. The number of urea groups is 1. The molecule has 0 spiro atoms. The molecule has 274 valence electrons. The summed E-state index contributed by atoms with van der Waals surface area (Å²) in [5.74, 6) is 0.852. The summed E-state index contributed by atoms with van der Waals surface area (Å²) in [6, 6.07) is 16.1. The van der Waals surface area contributed by atoms with Crippen molar-refractivity contribution in [3.8, 4) is 5.75 Å². The lowest BCUT2D eigenvalue weighted by molar-refractivity contribution is 0.00328. The third-order valence-electron chi connectivity index (χ3n) is 7.13. The maximum absolute atomic E-state index is 12.6. The average molecular weight is 698 g/mol. The summed E-state index contributed by atoms with van der Waals surface area (Å²) in [5, 5.41) is 14.1. The molecule has 2 aromatic carbocycles. The molecule has 0 bridgehead atoms. The van der Waals surface area contributed by atoms with Crippen LogP contribution in [0.15, 0.2) is 69.6 Å². The summed E-state index contributed by atoms with van der Waals surface area (Å²) in [6.07, 6.45) is 2.24. The van der Waals surface area contributed by atoms with E-state index in [0.717, 1.165) is 42.2 Å². The normalized spacial score (nSPS) is 11.2. The molecule has 0 atom stereocenters. The van der Waals surface area contributed by atoms with Gasteiger partial charge >= 0.3 is 6.03 Å². The van der Waals surface area contributed by atoms with Crippen molar-refractivity contribution in [2.75, 3.05) is 104 Å². The van der Waals surface area contributed by atoms with Crippen LogP contribution in [0.25, 0.3) is 0 Å². The van der Waals surface area contributed by atoms with Gasteiger partial charge in [-0.15, -0.1) is 0 Å². The monoisotopic (exact) mass is 697 g/mol. The van der Waals surface area contributed by atoms with Gasteiger partial charge in [0.2, 0.25) is 5.95 Å². The number of nitrogens with zero attached hydrogens (tertiary/aromatic N) is 4. The number of carbonyl (C=O) groups is 1. The van der Waals surface area contributed by atoms with Crippen molar-refractivity contribution < 1.29 is 33.2 Å². The van der Waals surface area contributed by atoms with Crippen LogP contribution in [0.5, 0.6) is 5.75 Å². The van der Waals surface area contributed by atoms with Gasteiger partial charge in [-0.3, -0.25) is 10.1 Å². The smallest absolute Gasteiger partial charge is 0.321 e. The van der Waals surface area contributed by atoms with E-state index in [1.54, 1.807) is 14.2 Å². The van der Waals surface area contributed by atoms with Crippen molar-refractivity contribution in [1.29, 1.82) is 0 Å². The third-order valence-corrected chi connectivity index (χ3v) is 7.13. The van der Waals surface area contributed by atoms with Crippen LogP contribution in [0.3, 0.4) is 0 Å². The first-order chi connectivity index (χ1) is 24.5. The number of likely N-dealkylation sites (N-methyl/N-ethyl adjacent to an activating group) is 1. The van der Waals surface area contributed by atoms with Crippen molar-refractivity contribution in [2.45, 2.75) is 26.2 Å². The maximum Gasteiger partial charge on any atom is 0.321 e. The number of hydrogen-bond donors (Lipinski definition) is 3. The van der Waals surface area contributed by atoms with Gasteiger partial charge in [0.1, 0.15) is 12.4 Å². The second kappa shape index (κ2) is 24.7. The summed E-state index contributed by atoms with van der Waals surface area (Å²) in [7, 11) is 3.27. The Labute approximate surface area is 293 Å². The molecule has 15 nitrogen and oxygen atoms in total. The highest BCUT2D eigenvalue weighted by Gasteiger charge is 2.09. The van der Waals surface area contributed by atoms with Crippen LogP contribution in [0, 0.1) is 0 Å². The van der Waals surface area contributed by atoms with E-state index in [4.69, 9.17) is 28.4 Å². The molecule has 1 heterocycles. The van der Waals surface area contributed by atoms with Crippen molar-refractivity contribution in [1.82, 2.24) is 15.3 Å². The Morgan fingerprint density at radius 2 is 1.40 bits per heavy atom. The van der Waals surface area contributed by atoms with Crippen LogP contribution in [0.2, 0.25) is 0 Å². The highest BCUT2D eigenvalue weighted by Crippen LogP contribution is 2.23. The molecule has 0 aliphatic carbocycles. The fourth-order valence-electron chi connectivity index (χ4n) is 4.53. The number of unbranched alkanes of at least 4 members (excludes halogenated alkanes) is 1. The molecular formula is C35H51N7O8. The first kappa shape index (κ1) is 40.0. The molecule has 0 aliphatic heterocycles. The van der Waals surface area contributed by atoms with E-state index in [0.29, 0.717) is 84.7 Å². The molecule has 0 aliphatic rings. The number of azo groups is 1. The summed E-state index contributed by atoms with van der Waals surface area (Å²) >= 11 is 0. The standard InChI is InChI=1S/C35H51N7O8/c1-4-42(31-12-8-28(9-13-31)40-41-29-10-14-32(15-11-29)50-26-20-46-3)17-16-36-35(44)39-34-37-30(27-33(43)38-34)7-5-6-18-47-22-23-49-25-24-48-21-19-45-2/h8-15,27H,4-7,16-26H2,1-3H3,(H3,36,37,38,39,43,44)/b41-40+. The van der Waals surface area contributed by atoms with Crippen molar-refractivity contribution >= 4 is 29.0 Å². The number of aryl methyl sites for hydroxylation is 1. The highest BCUT2D eigenvalue weighted by molar-refractivity contribution is 5.87. The number of carbonyl (C=O) groups excluding carboxylic acids is 1. The summed E-state index contributed by atoms with van der Waals surface area (Å²) < 4.78 is 31.9. The maximum atomic E-state index is 12.6. The summed E-state index contributed by atoms with van der Waals surface area (Å²) in [5.41, 5.74) is 2.70. The minimum Gasteiger partial charge on any atom is -0.491 e. The van der Waals surface area contributed by atoms with E-state index in [9.17, 15) is 9.59 Å². The molecule has 0 radical (unpaired) electrons. The highest BCUT2D eigenvalue weighted by atomic mass is 16.6. The Hall–Kier alpha value is -4.41. The van der Waals surface area contributed by atoms with Gasteiger partial charge in [0.05, 0.1) is 57.6 Å². The Morgan fingerprint density at radius 3 is 2.04 bits per heavy atom. The van der Waals surface area contributed by atoms with Crippen LogP contribution in [-0.4, -0.2) is 109 Å². The van der Waals surface area contributed by atoms with Gasteiger partial charge in [0.15, 0.2) is 0 Å². The Kier molecular flexibility index (Phi) is 19.8. The lowest BCUT2D eigenvalue weighted by Gasteiger charge is -2.23. The zero-order valence-corrected chi connectivity index (χ0v) is 29.4. The number of aromatic amines is 1. The number of anilines is 2. The fraction of sp³-hybridized carbons (Fsp3) is 0.514. The van der Waals surface area contributed by atoms with Crippen molar-refractivity contribution in [3.05, 3.63) is 70.6 Å². The molecule has 3 aromatic rings. The second-order valence-electron chi connectivity index (χ2n) is 10.9. The Balaban J connectivity index is 1.32. The van der Waals surface area contributed by atoms with Gasteiger partial charge in [0, 0.05) is 57.9 Å². The lowest BCUT2D eigenvalue weighted by atomic mass is 10.2. The van der Waals surface area contributed by atoms with Crippen LogP contribution >= 0.6 is 0 Å². The number of benzene rings is 2. The molecule has 3 N–H and O–H groups in total. The van der Waals surface area contributed by atoms with Crippen molar-refractivity contribution in [3.63, 3.8) is 0 Å². The van der Waals surface area contributed by atoms with Gasteiger partial charge in [-0.25, -0.2) is 4.79 Å². The van der Waals surface area contributed by atoms with Gasteiger partial charge in [-0.2, -0.15) is 15.2 Å². The summed E-state index contributed by atoms with van der Waals surface area (Å²) in [6.45, 7) is 8.52. The minimum absolute atomic E-state index is 0.105. The van der Waals surface area contributed by atoms with E-state index >= 15 is 0 Å². The van der Waals surface area contributed by atoms with Gasteiger partial charge in [-0.05, 0) is 74.7 Å². The topological polar surface area (TPSA) is 170 Å². The third kappa shape index (κ3) is 16.8. The second-order valence-corrected chi connectivity index (χ2v) is 10.9. The van der Waals surface area contributed by atoms with Gasteiger partial charge in [0.25, 0.3) is 5.56 Å². The molecule has 15 heteroatoms. The number of nitrogens with one attached hydrogen (secondary N) is 3. The molecule has 1 aromatic heterocycles. The quantitative estimate of drug-likeness (QED) is 0.0776. The predicted molar refractivity (Wildman–Crippen MR) is 191 cm³/mol. The molecule has 50 heavy (non-hydrogen) atoms. The van der Waals surface area contributed by atoms with E-state index in [1.807, 2.05) is 55.5 Å². The Morgan fingerprint density at radius 1 is 0.800 bits per heavy atom. The SMILES string of the molecule is CCN(CCNC(=O)Nc1nc(=O)cc(CCCCOCCOCCOCCOC)[nH]1)c1ccc(/N=N/c2ccc(OCCOC)cc2)cc1. The number of aromatic nitrogens is 2. The molecule has 2 amide bonds. The Bertz CT molecular complexity index is 1440. The molecule has 0 saturated carbocycles. The number of H-pyrrole nitrogens is 1. The average Bonchev–Trinajstić information content (AvgIpc) is 3.12. The number of rotatable bonds is 26. The fourth-order valence-corrected chi connectivity index (χ4v) is 4.53. The first-order valence-corrected chi connectivity index (χ1v) is 16.9. The minimum atomic E-state index is -0.455.